The maximum absolute atomic E-state index is 11.9. The fraction of sp³-hybridized carbons (Fsp3) is 0.632. The molecule has 8 aliphatic rings. The van der Waals surface area contributed by atoms with Gasteiger partial charge >= 0.3 is 16.8 Å². The summed E-state index contributed by atoms with van der Waals surface area (Å²) < 4.78 is 0. The first-order valence-corrected chi connectivity index (χ1v) is 16.9. The van der Waals surface area contributed by atoms with Gasteiger partial charge in [-0.15, -0.1) is 11.5 Å². The summed E-state index contributed by atoms with van der Waals surface area (Å²) in [6.45, 7) is 5.99. The van der Waals surface area contributed by atoms with Gasteiger partial charge in [0, 0.05) is 19.0 Å². The predicted octanol–water partition coefficient (Wildman–Crippen LogP) is 6.91. The Morgan fingerprint density at radius 1 is 0.636 bits per heavy atom. The summed E-state index contributed by atoms with van der Waals surface area (Å²) in [6, 6.07) is 11.0. The van der Waals surface area contributed by atoms with Crippen molar-refractivity contribution >= 4 is 12.4 Å². The number of aliphatic hydroxyl groups excluding tert-OH is 1. The largest absolute Gasteiger partial charge is 2.00 e. The minimum Gasteiger partial charge on any atom is -0.872 e. The first kappa shape index (κ1) is 33.2. The Kier molecular flexibility index (Phi) is 10.3. The summed E-state index contributed by atoms with van der Waals surface area (Å²) in [5.41, 5.74) is 4.14. The molecule has 0 spiro atoms. The fourth-order valence-electron chi connectivity index (χ4n) is 10.4. The van der Waals surface area contributed by atoms with E-state index < -0.39 is 0 Å². The minimum atomic E-state index is 0. The van der Waals surface area contributed by atoms with E-state index in [1.165, 1.54) is 77.0 Å². The molecule has 8 aliphatic carbocycles. The van der Waals surface area contributed by atoms with E-state index in [-0.39, 0.29) is 46.0 Å². The van der Waals surface area contributed by atoms with Crippen LogP contribution in [0.3, 0.4) is 0 Å². The van der Waals surface area contributed by atoms with Crippen LogP contribution in [0.15, 0.2) is 46.4 Å². The summed E-state index contributed by atoms with van der Waals surface area (Å²) in [5, 5.41) is 31.4. The second kappa shape index (κ2) is 13.7. The molecule has 0 atom stereocenters. The molecular weight excluding hydrogens is 591 g/mol. The second-order valence-corrected chi connectivity index (χ2v) is 15.2. The Bertz CT molecular complexity index is 1180. The maximum Gasteiger partial charge on any atom is 2.00 e. The molecule has 8 fully saturated rings. The van der Waals surface area contributed by atoms with Gasteiger partial charge in [0.2, 0.25) is 0 Å². The number of hydrogen-bond donors (Lipinski definition) is 1. The molecule has 0 saturated heterocycles. The minimum absolute atomic E-state index is 0. The van der Waals surface area contributed by atoms with Crippen molar-refractivity contribution in [3.8, 4) is 11.5 Å². The van der Waals surface area contributed by atoms with E-state index in [1.54, 1.807) is 19.1 Å². The number of aliphatic hydroxyl groups is 1. The quantitative estimate of drug-likeness (QED) is 0.368. The molecule has 0 aromatic heterocycles. The van der Waals surface area contributed by atoms with E-state index in [0.717, 1.165) is 57.8 Å². The van der Waals surface area contributed by atoms with Crippen LogP contribution in [0.2, 0.25) is 0 Å². The van der Waals surface area contributed by atoms with E-state index in [2.05, 4.69) is 0 Å². The normalized spacial score (nSPS) is 35.6. The number of aliphatic imine (C=N–C) groups is 2. The van der Waals surface area contributed by atoms with Gasteiger partial charge in [-0.1, -0.05) is 47.5 Å². The Labute approximate surface area is 274 Å². The van der Waals surface area contributed by atoms with Gasteiger partial charge in [-0.25, -0.2) is 0 Å². The summed E-state index contributed by atoms with van der Waals surface area (Å²) in [5.74, 6) is 5.63. The SMILES string of the molecule is CCO.Cc1ccc([O-])c(C=NC23CC4CC(CC(C4)C2)C3)c1.Cc1ccc([O-])c(C=NC23CC4CC(CC(C4)C2)C3)c1.[Co+2]. The molecular formula is C38H50CoN2O3. The van der Waals surface area contributed by atoms with Gasteiger partial charge in [0.05, 0.1) is 11.1 Å². The number of rotatable bonds is 4. The van der Waals surface area contributed by atoms with Gasteiger partial charge in [0.1, 0.15) is 0 Å². The fourth-order valence-corrected chi connectivity index (χ4v) is 10.4. The Hall–Kier alpha value is -2.15. The van der Waals surface area contributed by atoms with Crippen molar-refractivity contribution < 1.29 is 32.1 Å². The van der Waals surface area contributed by atoms with Crippen molar-refractivity contribution in [1.29, 1.82) is 0 Å². The molecule has 8 bridgehead atoms. The Balaban J connectivity index is 0.000000157. The molecule has 6 heteroatoms. The third-order valence-electron chi connectivity index (χ3n) is 11.3. The van der Waals surface area contributed by atoms with Crippen molar-refractivity contribution in [3.05, 3.63) is 58.7 Å². The van der Waals surface area contributed by atoms with Crippen molar-refractivity contribution in [2.24, 2.45) is 45.5 Å². The number of nitrogens with zero attached hydrogens (tertiary/aromatic N) is 2. The second-order valence-electron chi connectivity index (χ2n) is 15.2. The monoisotopic (exact) mass is 641 g/mol. The van der Waals surface area contributed by atoms with Crippen LogP contribution in [-0.2, 0) is 16.8 Å². The molecule has 0 aliphatic heterocycles. The molecule has 0 unspecified atom stereocenters. The molecule has 0 amide bonds. The van der Waals surface area contributed by atoms with Gasteiger partial charge < -0.3 is 15.3 Å². The van der Waals surface area contributed by atoms with Crippen LogP contribution in [0.4, 0.5) is 0 Å². The Morgan fingerprint density at radius 2 is 0.909 bits per heavy atom. The van der Waals surface area contributed by atoms with Gasteiger partial charge in [0.25, 0.3) is 0 Å². The van der Waals surface area contributed by atoms with Crippen LogP contribution in [0.1, 0.15) is 106 Å². The number of aryl methyl sites for hydroxylation is 2. The zero-order chi connectivity index (χ0) is 30.2. The van der Waals surface area contributed by atoms with Gasteiger partial charge in [0.15, 0.2) is 0 Å². The molecule has 2 aromatic rings. The first-order valence-electron chi connectivity index (χ1n) is 16.9. The Morgan fingerprint density at radius 3 is 1.18 bits per heavy atom. The molecule has 1 N–H and O–H groups in total. The third-order valence-corrected chi connectivity index (χ3v) is 11.3. The molecule has 10 rings (SSSR count). The summed E-state index contributed by atoms with van der Waals surface area (Å²) >= 11 is 0. The van der Waals surface area contributed by atoms with Crippen LogP contribution >= 0.6 is 0 Å². The van der Waals surface area contributed by atoms with Crippen LogP contribution in [0.5, 0.6) is 11.5 Å². The molecule has 2 aromatic carbocycles. The van der Waals surface area contributed by atoms with E-state index in [0.29, 0.717) is 0 Å². The van der Waals surface area contributed by atoms with Crippen LogP contribution < -0.4 is 10.2 Å². The molecule has 1 radical (unpaired) electrons. The van der Waals surface area contributed by atoms with E-state index in [1.807, 2.05) is 50.5 Å². The van der Waals surface area contributed by atoms with Crippen LogP contribution in [0, 0.1) is 49.4 Å². The average molecular weight is 642 g/mol. The van der Waals surface area contributed by atoms with E-state index >= 15 is 0 Å². The standard InChI is InChI=1S/2C18H23NO.C2H6O.Co/c2*1-12-2-3-17(20)16(4-12)11-19-18-8-13-5-14(9-18)7-15(6-13)10-18;1-2-3;/h2*2-4,11,13-15,20H,5-10H2,1H3;3H,2H2,1H3;/q;;;+2/p-2. The zero-order valence-electron chi connectivity index (χ0n) is 26.8. The smallest absolute Gasteiger partial charge is 0.872 e. The topological polar surface area (TPSA) is 91.1 Å². The molecule has 5 nitrogen and oxygen atoms in total. The van der Waals surface area contributed by atoms with E-state index in [9.17, 15) is 10.2 Å². The molecule has 0 heterocycles. The number of benzene rings is 2. The van der Waals surface area contributed by atoms with Crippen LogP contribution in [-0.4, -0.2) is 35.2 Å². The van der Waals surface area contributed by atoms with Crippen LogP contribution in [0.25, 0.3) is 0 Å². The van der Waals surface area contributed by atoms with E-state index in [4.69, 9.17) is 15.1 Å². The molecule has 44 heavy (non-hydrogen) atoms. The van der Waals surface area contributed by atoms with Crippen molar-refractivity contribution in [2.75, 3.05) is 6.61 Å². The van der Waals surface area contributed by atoms with Crippen molar-refractivity contribution in [3.63, 3.8) is 0 Å². The molecule has 239 valence electrons. The van der Waals surface area contributed by atoms with Gasteiger partial charge in [-0.05, 0) is 144 Å². The summed E-state index contributed by atoms with van der Waals surface area (Å²) in [4.78, 5) is 9.93. The predicted molar refractivity (Wildman–Crippen MR) is 171 cm³/mol. The number of hydrogen-bond acceptors (Lipinski definition) is 5. The van der Waals surface area contributed by atoms with Crippen molar-refractivity contribution in [1.82, 2.24) is 0 Å². The first-order chi connectivity index (χ1) is 20.6. The van der Waals surface area contributed by atoms with Gasteiger partial charge in [-0.3, -0.25) is 9.98 Å². The summed E-state index contributed by atoms with van der Waals surface area (Å²) in [6.07, 6.45) is 19.9. The molecule has 8 saturated carbocycles. The van der Waals surface area contributed by atoms with Gasteiger partial charge in [-0.2, -0.15) is 0 Å². The summed E-state index contributed by atoms with van der Waals surface area (Å²) in [7, 11) is 0. The maximum atomic E-state index is 11.9. The third kappa shape index (κ3) is 7.45. The average Bonchev–Trinajstić information content (AvgIpc) is 2.93. The van der Waals surface area contributed by atoms with Crippen molar-refractivity contribution in [2.45, 2.75) is 109 Å². The zero-order valence-corrected chi connectivity index (χ0v) is 27.8.